The average molecular weight is 270 g/mol. The van der Waals surface area contributed by atoms with E-state index >= 15 is 0 Å². The van der Waals surface area contributed by atoms with Gasteiger partial charge in [0.05, 0.1) is 16.8 Å². The molecule has 0 saturated carbocycles. The molecular weight excluding hydrogens is 237 g/mol. The van der Waals surface area contributed by atoms with E-state index in [-0.39, 0.29) is 5.56 Å². The molecule has 0 aromatic carbocycles. The molecule has 4 heteroatoms. The molecule has 3 nitrogen and oxygen atoms in total. The number of hydrogen-bond donors (Lipinski definition) is 0. The van der Waals surface area contributed by atoms with E-state index in [1.165, 1.54) is 12.1 Å². The Bertz CT molecular complexity index is 699. The lowest BCUT2D eigenvalue weighted by Crippen LogP contribution is -2.41. The van der Waals surface area contributed by atoms with E-state index in [9.17, 15) is 0 Å². The number of nitrogens with zero attached hydrogens (tertiary/aromatic N) is 1. The number of hydrogen-bond acceptors (Lipinski definition) is 3. The summed E-state index contributed by atoms with van der Waals surface area (Å²) < 4.78 is 81.2. The second-order valence-corrected chi connectivity index (χ2v) is 5.56. The fourth-order valence-corrected chi connectivity index (χ4v) is 1.73. The normalized spacial score (nSPS) is 30.7. The van der Waals surface area contributed by atoms with Crippen molar-refractivity contribution < 1.29 is 21.6 Å². The summed E-state index contributed by atoms with van der Waals surface area (Å²) in [7, 11) is -0.809. The first-order chi connectivity index (χ1) is 12.3. The van der Waals surface area contributed by atoms with Gasteiger partial charge in [0.1, 0.15) is 0 Å². The SMILES string of the molecule is [2H]C([2H])([2H])C([2H])(C([2H])([2H])[2H])C([2H])([2H])c1ccc(B2OC(C)(C)C(C)(C)O2)nc1. The lowest BCUT2D eigenvalue weighted by molar-refractivity contribution is 0.00578. The van der Waals surface area contributed by atoms with Crippen LogP contribution in [0.25, 0.3) is 0 Å². The van der Waals surface area contributed by atoms with Crippen LogP contribution in [0.4, 0.5) is 0 Å². The summed E-state index contributed by atoms with van der Waals surface area (Å²) in [5.74, 6) is -3.37. The molecule has 1 aliphatic rings. The highest BCUT2D eigenvalue weighted by molar-refractivity contribution is 6.61. The molecule has 1 saturated heterocycles. The fraction of sp³-hybridized carbons (Fsp3) is 0.667. The maximum atomic E-state index is 8.20. The van der Waals surface area contributed by atoms with E-state index in [2.05, 4.69) is 4.98 Å². The van der Waals surface area contributed by atoms with Crippen LogP contribution >= 0.6 is 0 Å². The van der Waals surface area contributed by atoms with Gasteiger partial charge in [-0.2, -0.15) is 0 Å². The van der Waals surface area contributed by atoms with E-state index in [4.69, 9.17) is 21.6 Å². The van der Waals surface area contributed by atoms with Gasteiger partial charge in [0, 0.05) is 18.5 Å². The zero-order chi connectivity index (χ0) is 22.0. The highest BCUT2D eigenvalue weighted by Gasteiger charge is 2.52. The smallest absolute Gasteiger partial charge is 0.398 e. The number of rotatable bonds is 3. The van der Waals surface area contributed by atoms with E-state index in [1.807, 2.05) is 27.7 Å². The van der Waals surface area contributed by atoms with Crippen molar-refractivity contribution in [1.82, 2.24) is 4.98 Å². The van der Waals surface area contributed by atoms with Crippen LogP contribution in [-0.4, -0.2) is 23.3 Å². The first kappa shape index (κ1) is 6.73. The van der Waals surface area contributed by atoms with E-state index in [0.717, 1.165) is 6.20 Å². The van der Waals surface area contributed by atoms with Gasteiger partial charge in [0.15, 0.2) is 0 Å². The Labute approximate surface area is 129 Å². The Morgan fingerprint density at radius 2 is 1.95 bits per heavy atom. The Morgan fingerprint density at radius 3 is 2.42 bits per heavy atom. The summed E-state index contributed by atoms with van der Waals surface area (Å²) in [5, 5.41) is 0. The van der Waals surface area contributed by atoms with E-state index in [1.54, 1.807) is 0 Å². The zero-order valence-corrected chi connectivity index (χ0v) is 11.6. The van der Waals surface area contributed by atoms with Crippen LogP contribution in [0.3, 0.4) is 0 Å². The van der Waals surface area contributed by atoms with E-state index in [0.29, 0.717) is 5.59 Å². The van der Waals surface area contributed by atoms with Crippen LogP contribution in [0.1, 0.15) is 59.3 Å². The Kier molecular flexibility index (Phi) is 1.74. The molecule has 19 heavy (non-hydrogen) atoms. The molecule has 0 aliphatic carbocycles. The maximum absolute atomic E-state index is 8.20. The number of pyridine rings is 1. The second kappa shape index (κ2) is 4.91. The molecule has 1 aromatic rings. The fourth-order valence-electron chi connectivity index (χ4n) is 1.73. The molecule has 0 bridgehead atoms. The number of aromatic nitrogens is 1. The topological polar surface area (TPSA) is 31.4 Å². The van der Waals surface area contributed by atoms with Crippen LogP contribution < -0.4 is 5.59 Å². The molecule has 0 N–H and O–H groups in total. The minimum Gasteiger partial charge on any atom is -0.398 e. The monoisotopic (exact) mass is 270 g/mol. The summed E-state index contributed by atoms with van der Waals surface area (Å²) in [4.78, 5) is 4.10. The molecule has 0 unspecified atom stereocenters. The van der Waals surface area contributed by atoms with Crippen molar-refractivity contribution in [3.63, 3.8) is 0 Å². The highest BCUT2D eigenvalue weighted by Crippen LogP contribution is 2.36. The quantitative estimate of drug-likeness (QED) is 0.791. The van der Waals surface area contributed by atoms with Gasteiger partial charge in [-0.15, -0.1) is 0 Å². The molecule has 1 fully saturated rings. The van der Waals surface area contributed by atoms with Crippen LogP contribution in [-0.2, 0) is 15.7 Å². The third-order valence-corrected chi connectivity index (χ3v) is 3.55. The Hall–Kier alpha value is -0.865. The van der Waals surface area contributed by atoms with Crippen molar-refractivity contribution in [2.45, 2.75) is 59.0 Å². The summed E-state index contributed by atoms with van der Waals surface area (Å²) >= 11 is 0. The maximum Gasteiger partial charge on any atom is 0.514 e. The van der Waals surface area contributed by atoms with Gasteiger partial charge in [-0.1, -0.05) is 19.8 Å². The van der Waals surface area contributed by atoms with Crippen LogP contribution in [0.2, 0.25) is 0 Å². The minimum atomic E-state index is -3.40. The summed E-state index contributed by atoms with van der Waals surface area (Å²) in [5.41, 5.74) is -1.21. The van der Waals surface area contributed by atoms with Crippen molar-refractivity contribution in [2.24, 2.45) is 5.89 Å². The lowest BCUT2D eigenvalue weighted by Gasteiger charge is -2.32. The third kappa shape index (κ3) is 3.01. The molecule has 0 atom stereocenters. The van der Waals surface area contributed by atoms with Crippen molar-refractivity contribution >= 4 is 12.7 Å². The summed E-state index contributed by atoms with van der Waals surface area (Å²) in [6, 6.07) is 2.60. The van der Waals surface area contributed by atoms with Gasteiger partial charge >= 0.3 is 7.12 Å². The zero-order valence-electron chi connectivity index (χ0n) is 20.6. The molecule has 0 amide bonds. The van der Waals surface area contributed by atoms with Gasteiger partial charge in [-0.25, -0.2) is 0 Å². The molecule has 0 radical (unpaired) electrons. The average Bonchev–Trinajstić information content (AvgIpc) is 2.72. The van der Waals surface area contributed by atoms with Crippen molar-refractivity contribution in [2.75, 3.05) is 0 Å². The molecule has 104 valence electrons. The van der Waals surface area contributed by atoms with Crippen molar-refractivity contribution in [3.8, 4) is 0 Å². The highest BCUT2D eigenvalue weighted by atomic mass is 16.7. The van der Waals surface area contributed by atoms with Gasteiger partial charge in [-0.05, 0) is 51.6 Å². The van der Waals surface area contributed by atoms with Gasteiger partial charge < -0.3 is 9.31 Å². The van der Waals surface area contributed by atoms with Gasteiger partial charge in [0.25, 0.3) is 0 Å². The predicted octanol–water partition coefficient (Wildman–Crippen LogP) is 2.58. The van der Waals surface area contributed by atoms with Crippen LogP contribution in [0.5, 0.6) is 0 Å². The Balaban J connectivity index is 2.42. The molecule has 1 aromatic heterocycles. The summed E-state index contributed by atoms with van der Waals surface area (Å²) in [6.45, 7) is 0.655. The molecule has 2 heterocycles. The van der Waals surface area contributed by atoms with E-state index < -0.39 is 44.3 Å². The standard InChI is InChI=1S/C15H24BNO2/c1-11(2)9-12-7-8-13(17-10-12)16-18-14(3,4)15(5,6)19-16/h7-8,10-11H,9H2,1-6H3/i1D3,2D3,9D2,11D. The lowest BCUT2D eigenvalue weighted by atomic mass is 9.84. The molecular formula is C15H24BNO2. The third-order valence-electron chi connectivity index (χ3n) is 3.55. The van der Waals surface area contributed by atoms with Crippen LogP contribution in [0.15, 0.2) is 18.3 Å². The van der Waals surface area contributed by atoms with Crippen LogP contribution in [0, 0.1) is 5.89 Å². The predicted molar refractivity (Wildman–Crippen MR) is 78.5 cm³/mol. The first-order valence-electron chi connectivity index (χ1n) is 10.6. The molecule has 1 aliphatic heterocycles. The minimum absolute atomic E-state index is 0.324. The first-order valence-corrected chi connectivity index (χ1v) is 6.10. The van der Waals surface area contributed by atoms with Crippen molar-refractivity contribution in [3.05, 3.63) is 23.9 Å². The molecule has 0 spiro atoms. The molecule has 2 rings (SSSR count). The second-order valence-electron chi connectivity index (χ2n) is 5.56. The van der Waals surface area contributed by atoms with Gasteiger partial charge in [0.2, 0.25) is 0 Å². The summed E-state index contributed by atoms with van der Waals surface area (Å²) in [6.07, 6.45) is -1.99. The van der Waals surface area contributed by atoms with Gasteiger partial charge in [-0.3, -0.25) is 4.98 Å². The largest absolute Gasteiger partial charge is 0.514 e. The Morgan fingerprint density at radius 1 is 1.32 bits per heavy atom. The van der Waals surface area contributed by atoms with Crippen molar-refractivity contribution in [1.29, 1.82) is 0 Å².